The van der Waals surface area contributed by atoms with E-state index in [0.29, 0.717) is 32.4 Å². The van der Waals surface area contributed by atoms with Crippen LogP contribution >= 0.6 is 0 Å². The van der Waals surface area contributed by atoms with E-state index in [-0.39, 0.29) is 17.9 Å². The topological polar surface area (TPSA) is 84.7 Å². The van der Waals surface area contributed by atoms with Gasteiger partial charge < -0.3 is 20.7 Å². The number of aryl methyl sites for hydroxylation is 1. The van der Waals surface area contributed by atoms with E-state index in [2.05, 4.69) is 5.32 Å². The maximum Gasteiger partial charge on any atom is 0.224 e. The molecule has 2 aliphatic rings. The average Bonchev–Trinajstić information content (AvgIpc) is 2.58. The van der Waals surface area contributed by atoms with Gasteiger partial charge in [-0.15, -0.1) is 0 Å². The summed E-state index contributed by atoms with van der Waals surface area (Å²) in [5.41, 5.74) is 7.89. The predicted molar refractivity (Wildman–Crippen MR) is 91.9 cm³/mol. The maximum atomic E-state index is 12.2. The normalized spacial score (nSPS) is 20.3. The molecule has 1 atom stereocenters. The molecule has 0 aromatic heterocycles. The molecule has 1 aromatic rings. The summed E-state index contributed by atoms with van der Waals surface area (Å²) in [4.78, 5) is 25.4. The molecule has 6 heteroatoms. The van der Waals surface area contributed by atoms with Crippen molar-refractivity contribution in [3.63, 3.8) is 0 Å². The number of fused-ring (bicyclic) bond motifs is 1. The first-order valence-electron chi connectivity index (χ1n) is 8.71. The molecule has 3 rings (SSSR count). The molecule has 0 aliphatic carbocycles. The van der Waals surface area contributed by atoms with Crippen LogP contribution in [0.2, 0.25) is 0 Å². The van der Waals surface area contributed by atoms with Gasteiger partial charge in [0.2, 0.25) is 11.8 Å². The third-order valence-electron chi connectivity index (χ3n) is 4.59. The first-order chi connectivity index (χ1) is 11.6. The quantitative estimate of drug-likeness (QED) is 0.804. The third-order valence-corrected chi connectivity index (χ3v) is 4.59. The Balaban J connectivity index is 1.42. The minimum absolute atomic E-state index is 0.0621. The molecule has 1 aromatic carbocycles. The Hall–Kier alpha value is -2.08. The molecule has 0 radical (unpaired) electrons. The first kappa shape index (κ1) is 16.8. The summed E-state index contributed by atoms with van der Waals surface area (Å²) in [6.07, 6.45) is 4.45. The number of hydrogen-bond acceptors (Lipinski definition) is 4. The summed E-state index contributed by atoms with van der Waals surface area (Å²) >= 11 is 0. The van der Waals surface area contributed by atoms with E-state index in [1.54, 1.807) is 0 Å². The Morgan fingerprint density at radius 3 is 3.08 bits per heavy atom. The van der Waals surface area contributed by atoms with Crippen LogP contribution in [0, 0.1) is 0 Å². The Kier molecular flexibility index (Phi) is 5.35. The monoisotopic (exact) mass is 331 g/mol. The number of amides is 2. The number of ether oxygens (including phenoxy) is 1. The van der Waals surface area contributed by atoms with E-state index in [4.69, 9.17) is 10.5 Å². The van der Waals surface area contributed by atoms with Gasteiger partial charge in [-0.2, -0.15) is 0 Å². The summed E-state index contributed by atoms with van der Waals surface area (Å²) in [5.74, 6) is 1.02. The van der Waals surface area contributed by atoms with Gasteiger partial charge in [-0.3, -0.25) is 9.59 Å². The number of carbonyl (C=O) groups excluding carboxylic acids is 2. The van der Waals surface area contributed by atoms with Crippen molar-refractivity contribution in [3.05, 3.63) is 23.8 Å². The highest BCUT2D eigenvalue weighted by atomic mass is 16.5. The van der Waals surface area contributed by atoms with Crippen LogP contribution in [-0.2, 0) is 16.0 Å². The van der Waals surface area contributed by atoms with Crippen molar-refractivity contribution in [1.82, 2.24) is 4.90 Å². The van der Waals surface area contributed by atoms with E-state index < -0.39 is 0 Å². The van der Waals surface area contributed by atoms with Gasteiger partial charge in [0.05, 0.1) is 6.61 Å². The van der Waals surface area contributed by atoms with Gasteiger partial charge >= 0.3 is 0 Å². The number of anilines is 1. The van der Waals surface area contributed by atoms with Crippen LogP contribution in [0.25, 0.3) is 0 Å². The van der Waals surface area contributed by atoms with Crippen molar-refractivity contribution in [2.24, 2.45) is 5.73 Å². The molecule has 0 spiro atoms. The molecule has 6 nitrogen and oxygen atoms in total. The highest BCUT2D eigenvalue weighted by Gasteiger charge is 2.20. The largest absolute Gasteiger partial charge is 0.494 e. The van der Waals surface area contributed by atoms with Crippen molar-refractivity contribution >= 4 is 17.5 Å². The van der Waals surface area contributed by atoms with E-state index >= 15 is 0 Å². The number of likely N-dealkylation sites (tertiary alicyclic amines) is 1. The molecule has 24 heavy (non-hydrogen) atoms. The number of carbonyl (C=O) groups is 2. The van der Waals surface area contributed by atoms with Crippen LogP contribution in [0.15, 0.2) is 18.2 Å². The van der Waals surface area contributed by atoms with Gasteiger partial charge in [0.1, 0.15) is 5.75 Å². The van der Waals surface area contributed by atoms with Crippen molar-refractivity contribution in [2.75, 3.05) is 25.0 Å². The van der Waals surface area contributed by atoms with Crippen LogP contribution in [0.5, 0.6) is 5.75 Å². The van der Waals surface area contributed by atoms with Gasteiger partial charge in [-0.25, -0.2) is 0 Å². The lowest BCUT2D eigenvalue weighted by atomic mass is 10.0. The van der Waals surface area contributed by atoms with Gasteiger partial charge in [-0.1, -0.05) is 0 Å². The Labute approximate surface area is 142 Å². The number of piperidine rings is 1. The molecule has 1 saturated heterocycles. The summed E-state index contributed by atoms with van der Waals surface area (Å²) in [6, 6.07) is 5.83. The fourth-order valence-electron chi connectivity index (χ4n) is 3.26. The molecule has 2 aliphatic heterocycles. The maximum absolute atomic E-state index is 12.2. The lowest BCUT2D eigenvalue weighted by Crippen LogP contribution is -2.45. The molecule has 130 valence electrons. The number of benzene rings is 1. The number of nitrogens with one attached hydrogen (secondary N) is 1. The standard InChI is InChI=1S/C18H25N3O3/c19-14-3-1-9-21(12-14)18(23)4-2-10-24-15-6-7-16-13(11-15)5-8-17(22)20-16/h6-7,11,14H,1-5,8-10,12,19H2,(H,20,22). The minimum atomic E-state index is 0.0621. The van der Waals surface area contributed by atoms with Crippen molar-refractivity contribution < 1.29 is 14.3 Å². The molecule has 0 saturated carbocycles. The SMILES string of the molecule is NC1CCCN(C(=O)CCCOc2ccc3c(c2)CCC(=O)N3)C1. The van der Waals surface area contributed by atoms with Gasteiger partial charge in [0.15, 0.2) is 0 Å². The lowest BCUT2D eigenvalue weighted by molar-refractivity contribution is -0.132. The summed E-state index contributed by atoms with van der Waals surface area (Å²) in [5, 5.41) is 2.85. The lowest BCUT2D eigenvalue weighted by Gasteiger charge is -2.30. The number of nitrogens with two attached hydrogens (primary N) is 1. The average molecular weight is 331 g/mol. The Morgan fingerprint density at radius 1 is 1.38 bits per heavy atom. The predicted octanol–water partition coefficient (Wildman–Crippen LogP) is 1.68. The summed E-state index contributed by atoms with van der Waals surface area (Å²) in [7, 11) is 0. The van der Waals surface area contributed by atoms with E-state index in [1.807, 2.05) is 23.1 Å². The van der Waals surface area contributed by atoms with Crippen LogP contribution < -0.4 is 15.8 Å². The van der Waals surface area contributed by atoms with Gasteiger partial charge in [0, 0.05) is 37.7 Å². The van der Waals surface area contributed by atoms with E-state index in [9.17, 15) is 9.59 Å². The van der Waals surface area contributed by atoms with Crippen LogP contribution in [0.4, 0.5) is 5.69 Å². The summed E-state index contributed by atoms with van der Waals surface area (Å²) < 4.78 is 5.75. The van der Waals surface area contributed by atoms with Gasteiger partial charge in [-0.05, 0) is 49.4 Å². The molecule has 1 unspecified atom stereocenters. The fraction of sp³-hybridized carbons (Fsp3) is 0.556. The molecule has 0 bridgehead atoms. The zero-order chi connectivity index (χ0) is 16.9. The first-order valence-corrected chi connectivity index (χ1v) is 8.71. The number of nitrogens with zero attached hydrogens (tertiary/aromatic N) is 1. The number of hydrogen-bond donors (Lipinski definition) is 2. The van der Waals surface area contributed by atoms with Crippen LogP contribution in [0.3, 0.4) is 0 Å². The second-order valence-electron chi connectivity index (χ2n) is 6.56. The highest BCUT2D eigenvalue weighted by molar-refractivity contribution is 5.94. The van der Waals surface area contributed by atoms with Gasteiger partial charge in [0.25, 0.3) is 0 Å². The Morgan fingerprint density at radius 2 is 2.25 bits per heavy atom. The molecule has 3 N–H and O–H groups in total. The van der Waals surface area contributed by atoms with Crippen LogP contribution in [-0.4, -0.2) is 42.5 Å². The fourth-order valence-corrected chi connectivity index (χ4v) is 3.26. The van der Waals surface area contributed by atoms with Crippen molar-refractivity contribution in [3.8, 4) is 5.75 Å². The Bertz CT molecular complexity index is 618. The molecule has 2 amide bonds. The number of rotatable bonds is 5. The zero-order valence-corrected chi connectivity index (χ0v) is 13.9. The summed E-state index contributed by atoms with van der Waals surface area (Å²) in [6.45, 7) is 2.01. The highest BCUT2D eigenvalue weighted by Crippen LogP contribution is 2.26. The second kappa shape index (κ2) is 7.66. The molecular weight excluding hydrogens is 306 g/mol. The molecular formula is C18H25N3O3. The van der Waals surface area contributed by atoms with Crippen molar-refractivity contribution in [1.29, 1.82) is 0 Å². The minimum Gasteiger partial charge on any atom is -0.494 e. The van der Waals surface area contributed by atoms with E-state index in [1.165, 1.54) is 0 Å². The third kappa shape index (κ3) is 4.26. The second-order valence-corrected chi connectivity index (χ2v) is 6.56. The van der Waals surface area contributed by atoms with Crippen LogP contribution in [0.1, 0.15) is 37.7 Å². The molecule has 1 fully saturated rings. The van der Waals surface area contributed by atoms with Crippen molar-refractivity contribution in [2.45, 2.75) is 44.6 Å². The smallest absolute Gasteiger partial charge is 0.224 e. The zero-order valence-electron chi connectivity index (χ0n) is 13.9. The molecule has 2 heterocycles. The van der Waals surface area contributed by atoms with E-state index in [0.717, 1.165) is 42.8 Å².